The van der Waals surface area contributed by atoms with Gasteiger partial charge in [-0.25, -0.2) is 4.98 Å². The van der Waals surface area contributed by atoms with Crippen molar-refractivity contribution in [3.63, 3.8) is 0 Å². The van der Waals surface area contributed by atoms with Gasteiger partial charge in [0, 0.05) is 22.8 Å². The topological polar surface area (TPSA) is 92.9 Å². The first kappa shape index (κ1) is 25.0. The SMILES string of the molecule is C=C(/C=C\C=C(C)C)Cn1nc(C)c2c(NC(=O)c3cnc4cc(-c5c(C)n[nH]c5C)ccn34)cccc21. The first-order valence-electron chi connectivity index (χ1n) is 12.5. The number of imidazole rings is 1. The number of aromatic nitrogens is 6. The third-order valence-corrected chi connectivity index (χ3v) is 6.48. The van der Waals surface area contributed by atoms with Crippen LogP contribution in [0.15, 0.2) is 78.7 Å². The van der Waals surface area contributed by atoms with Crippen LogP contribution in [0.2, 0.25) is 0 Å². The first-order chi connectivity index (χ1) is 18.2. The summed E-state index contributed by atoms with van der Waals surface area (Å²) < 4.78 is 3.72. The summed E-state index contributed by atoms with van der Waals surface area (Å²) in [6.45, 7) is 14.7. The standard InChI is InChI=1S/C30H31N7O/c1-18(2)9-7-10-19(3)17-37-25-12-8-11-24(29(25)22(6)35-37)32-30(38)26-16-31-27-15-23(13-14-36(26)27)28-20(4)33-34-21(28)5/h7-16H,3,17H2,1-2,4-6H3,(H,32,38)(H,33,34)/b10-7-. The van der Waals surface area contributed by atoms with E-state index in [1.54, 1.807) is 10.6 Å². The van der Waals surface area contributed by atoms with E-state index < -0.39 is 0 Å². The fourth-order valence-corrected chi connectivity index (χ4v) is 4.73. The second-order valence-electron chi connectivity index (χ2n) is 9.75. The number of hydrogen-bond donors (Lipinski definition) is 2. The van der Waals surface area contributed by atoms with Crippen LogP contribution in [-0.4, -0.2) is 35.3 Å². The molecule has 0 radical (unpaired) electrons. The Bertz CT molecular complexity index is 1740. The Labute approximate surface area is 221 Å². The maximum absolute atomic E-state index is 13.4. The van der Waals surface area contributed by atoms with Crippen LogP contribution in [0.1, 0.15) is 41.4 Å². The van der Waals surface area contributed by atoms with Gasteiger partial charge < -0.3 is 5.32 Å². The van der Waals surface area contributed by atoms with Crippen LogP contribution in [-0.2, 0) is 6.54 Å². The fraction of sp³-hybridized carbons (Fsp3) is 0.200. The zero-order chi connectivity index (χ0) is 27.0. The van der Waals surface area contributed by atoms with Crippen LogP contribution in [0.3, 0.4) is 0 Å². The predicted molar refractivity (Wildman–Crippen MR) is 152 cm³/mol. The molecule has 0 bridgehead atoms. The molecule has 38 heavy (non-hydrogen) atoms. The van der Waals surface area contributed by atoms with Crippen molar-refractivity contribution in [1.29, 1.82) is 0 Å². The number of nitrogens with zero attached hydrogens (tertiary/aromatic N) is 5. The molecule has 8 heteroatoms. The van der Waals surface area contributed by atoms with E-state index in [0.29, 0.717) is 23.6 Å². The lowest BCUT2D eigenvalue weighted by molar-refractivity contribution is 0.102. The molecular weight excluding hydrogens is 474 g/mol. The molecule has 0 atom stereocenters. The summed E-state index contributed by atoms with van der Waals surface area (Å²) in [4.78, 5) is 17.9. The van der Waals surface area contributed by atoms with Crippen molar-refractivity contribution in [3.8, 4) is 11.1 Å². The van der Waals surface area contributed by atoms with Gasteiger partial charge in [0.05, 0.1) is 35.3 Å². The van der Waals surface area contributed by atoms with Crippen molar-refractivity contribution in [2.45, 2.75) is 41.2 Å². The molecule has 0 aliphatic rings. The zero-order valence-corrected chi connectivity index (χ0v) is 22.3. The van der Waals surface area contributed by atoms with Crippen LogP contribution in [0.25, 0.3) is 27.7 Å². The summed E-state index contributed by atoms with van der Waals surface area (Å²) >= 11 is 0. The lowest BCUT2D eigenvalue weighted by Crippen LogP contribution is -2.14. The highest BCUT2D eigenvalue weighted by Crippen LogP contribution is 2.29. The third kappa shape index (κ3) is 4.68. The molecule has 0 spiro atoms. The molecule has 0 saturated heterocycles. The number of benzene rings is 1. The molecule has 1 amide bonds. The van der Waals surface area contributed by atoms with E-state index in [4.69, 9.17) is 5.10 Å². The number of hydrogen-bond acceptors (Lipinski definition) is 4. The fourth-order valence-electron chi connectivity index (χ4n) is 4.73. The molecule has 1 aromatic carbocycles. The van der Waals surface area contributed by atoms with Gasteiger partial charge in [0.2, 0.25) is 0 Å². The number of nitrogens with one attached hydrogen (secondary N) is 2. The van der Waals surface area contributed by atoms with Crippen molar-refractivity contribution >= 4 is 28.1 Å². The molecule has 8 nitrogen and oxygen atoms in total. The zero-order valence-electron chi connectivity index (χ0n) is 22.3. The molecule has 0 saturated carbocycles. The van der Waals surface area contributed by atoms with Crippen LogP contribution >= 0.6 is 0 Å². The van der Waals surface area contributed by atoms with Gasteiger partial charge in [-0.05, 0) is 70.0 Å². The summed E-state index contributed by atoms with van der Waals surface area (Å²) in [7, 11) is 0. The summed E-state index contributed by atoms with van der Waals surface area (Å²) in [6.07, 6.45) is 9.51. The number of aromatic amines is 1. The average molecular weight is 506 g/mol. The minimum Gasteiger partial charge on any atom is -0.320 e. The van der Waals surface area contributed by atoms with E-state index in [1.807, 2.05) is 80.2 Å². The lowest BCUT2D eigenvalue weighted by atomic mass is 10.1. The molecule has 4 aromatic heterocycles. The molecule has 0 unspecified atom stereocenters. The highest BCUT2D eigenvalue weighted by Gasteiger charge is 2.18. The number of carbonyl (C=O) groups excluding carboxylic acids is 1. The molecule has 0 aliphatic heterocycles. The summed E-state index contributed by atoms with van der Waals surface area (Å²) in [6, 6.07) is 9.77. The van der Waals surface area contributed by atoms with Crippen LogP contribution < -0.4 is 5.32 Å². The average Bonchev–Trinajstić information content (AvgIpc) is 3.54. The normalized spacial score (nSPS) is 11.5. The van der Waals surface area contributed by atoms with Crippen LogP contribution in [0.5, 0.6) is 0 Å². The molecule has 5 rings (SSSR count). The largest absolute Gasteiger partial charge is 0.320 e. The van der Waals surface area contributed by atoms with Crippen LogP contribution in [0, 0.1) is 20.8 Å². The Morgan fingerprint density at radius 3 is 2.71 bits per heavy atom. The molecule has 5 aromatic rings. The number of fused-ring (bicyclic) bond motifs is 2. The quantitative estimate of drug-likeness (QED) is 0.253. The van der Waals surface area contributed by atoms with Crippen LogP contribution in [0.4, 0.5) is 5.69 Å². The highest BCUT2D eigenvalue weighted by molar-refractivity contribution is 6.08. The highest BCUT2D eigenvalue weighted by atomic mass is 16.2. The van der Waals surface area contributed by atoms with Gasteiger partial charge in [0.25, 0.3) is 5.91 Å². The second-order valence-corrected chi connectivity index (χ2v) is 9.75. The van der Waals surface area contributed by atoms with Crippen molar-refractivity contribution in [2.24, 2.45) is 0 Å². The maximum Gasteiger partial charge on any atom is 0.274 e. The summed E-state index contributed by atoms with van der Waals surface area (Å²) in [5, 5.41) is 16.0. The predicted octanol–water partition coefficient (Wildman–Crippen LogP) is 6.33. The summed E-state index contributed by atoms with van der Waals surface area (Å²) in [5.41, 5.74) is 9.76. The van der Waals surface area contributed by atoms with Gasteiger partial charge in [-0.15, -0.1) is 0 Å². The number of anilines is 1. The lowest BCUT2D eigenvalue weighted by Gasteiger charge is -2.09. The van der Waals surface area contributed by atoms with Crippen molar-refractivity contribution in [3.05, 3.63) is 101 Å². The number of H-pyrrole nitrogens is 1. The molecule has 0 aliphatic carbocycles. The minimum atomic E-state index is -0.241. The minimum absolute atomic E-state index is 0.241. The van der Waals surface area contributed by atoms with E-state index >= 15 is 0 Å². The number of pyridine rings is 1. The van der Waals surface area contributed by atoms with Gasteiger partial charge in [-0.1, -0.05) is 36.4 Å². The number of rotatable bonds is 7. The van der Waals surface area contributed by atoms with E-state index in [9.17, 15) is 4.79 Å². The van der Waals surface area contributed by atoms with Gasteiger partial charge >= 0.3 is 0 Å². The maximum atomic E-state index is 13.4. The number of carbonyl (C=O) groups is 1. The Morgan fingerprint density at radius 2 is 1.97 bits per heavy atom. The van der Waals surface area contributed by atoms with Crippen molar-refractivity contribution < 1.29 is 4.79 Å². The van der Waals surface area contributed by atoms with Gasteiger partial charge in [-0.2, -0.15) is 10.2 Å². The Morgan fingerprint density at radius 1 is 1.16 bits per heavy atom. The third-order valence-electron chi connectivity index (χ3n) is 6.48. The molecule has 2 N–H and O–H groups in total. The van der Waals surface area contributed by atoms with Gasteiger partial charge in [-0.3, -0.25) is 19.0 Å². The molecule has 192 valence electrons. The Kier molecular flexibility index (Phi) is 6.55. The van der Waals surface area contributed by atoms with E-state index in [1.165, 1.54) is 5.57 Å². The van der Waals surface area contributed by atoms with Gasteiger partial charge in [0.1, 0.15) is 11.3 Å². The van der Waals surface area contributed by atoms with E-state index in [-0.39, 0.29) is 5.91 Å². The molecule has 4 heterocycles. The van der Waals surface area contributed by atoms with Gasteiger partial charge in [0.15, 0.2) is 0 Å². The van der Waals surface area contributed by atoms with E-state index in [2.05, 4.69) is 40.9 Å². The van der Waals surface area contributed by atoms with Crippen molar-refractivity contribution in [2.75, 3.05) is 5.32 Å². The number of allylic oxidation sites excluding steroid dienone is 5. The Balaban J connectivity index is 1.42. The summed E-state index contributed by atoms with van der Waals surface area (Å²) in [5.74, 6) is -0.241. The molecular formula is C30H31N7O. The monoisotopic (exact) mass is 505 g/mol. The number of aryl methyl sites for hydroxylation is 3. The first-order valence-corrected chi connectivity index (χ1v) is 12.5. The number of amides is 1. The van der Waals surface area contributed by atoms with Crippen molar-refractivity contribution in [1.82, 2.24) is 29.4 Å². The molecule has 0 fully saturated rings. The van der Waals surface area contributed by atoms with E-state index in [0.717, 1.165) is 44.7 Å². The second kappa shape index (κ2) is 9.97. The smallest absolute Gasteiger partial charge is 0.274 e. The Hall–Kier alpha value is -4.72.